The van der Waals surface area contributed by atoms with Crippen LogP contribution in [-0.2, 0) is 19.9 Å². The highest BCUT2D eigenvalue weighted by Gasteiger charge is 2.26. The first kappa shape index (κ1) is 16.7. The van der Waals surface area contributed by atoms with Crippen molar-refractivity contribution < 1.29 is 0 Å². The SMILES string of the molecule is C=Cc1c2c(n(C)c1/C=C\c1ccccc1)CCC(c1ccccc1)C2. The van der Waals surface area contributed by atoms with E-state index in [1.165, 1.54) is 40.1 Å². The maximum absolute atomic E-state index is 4.12. The van der Waals surface area contributed by atoms with Gasteiger partial charge in [0.1, 0.15) is 0 Å². The van der Waals surface area contributed by atoms with Gasteiger partial charge in [-0.3, -0.25) is 0 Å². The lowest BCUT2D eigenvalue weighted by molar-refractivity contribution is 0.565. The summed E-state index contributed by atoms with van der Waals surface area (Å²) in [5, 5.41) is 0. The first-order valence-electron chi connectivity index (χ1n) is 9.39. The maximum Gasteiger partial charge on any atom is 0.0482 e. The van der Waals surface area contributed by atoms with Crippen LogP contribution in [0.25, 0.3) is 18.2 Å². The van der Waals surface area contributed by atoms with E-state index >= 15 is 0 Å². The zero-order valence-electron chi connectivity index (χ0n) is 15.4. The highest BCUT2D eigenvalue weighted by atomic mass is 15.0. The summed E-state index contributed by atoms with van der Waals surface area (Å²) >= 11 is 0. The molecule has 0 saturated heterocycles. The Balaban J connectivity index is 1.70. The molecule has 0 fully saturated rings. The van der Waals surface area contributed by atoms with E-state index in [9.17, 15) is 0 Å². The minimum absolute atomic E-state index is 0.607. The predicted octanol–water partition coefficient (Wildman–Crippen LogP) is 6.11. The van der Waals surface area contributed by atoms with Crippen LogP contribution in [0.1, 0.15) is 46.0 Å². The molecule has 1 atom stereocenters. The molecule has 2 aromatic carbocycles. The molecule has 3 aromatic rings. The van der Waals surface area contributed by atoms with Gasteiger partial charge in [-0.05, 0) is 47.9 Å². The minimum atomic E-state index is 0.607. The molecule has 1 aliphatic carbocycles. The van der Waals surface area contributed by atoms with E-state index in [1.54, 1.807) is 0 Å². The van der Waals surface area contributed by atoms with Crippen LogP contribution in [0, 0.1) is 0 Å². The number of aromatic nitrogens is 1. The fourth-order valence-electron chi connectivity index (χ4n) is 4.22. The molecule has 26 heavy (non-hydrogen) atoms. The first-order chi connectivity index (χ1) is 12.8. The van der Waals surface area contributed by atoms with E-state index in [0.717, 1.165) is 12.8 Å². The fraction of sp³-hybridized carbons (Fsp3) is 0.200. The molecule has 1 aliphatic rings. The van der Waals surface area contributed by atoms with Crippen LogP contribution in [0.15, 0.2) is 67.2 Å². The third kappa shape index (κ3) is 3.06. The molecule has 0 radical (unpaired) electrons. The van der Waals surface area contributed by atoms with Crippen LogP contribution in [0.2, 0.25) is 0 Å². The van der Waals surface area contributed by atoms with Crippen LogP contribution >= 0.6 is 0 Å². The highest BCUT2D eigenvalue weighted by Crippen LogP contribution is 2.37. The standard InChI is InChI=1S/C25H25N/c1-3-22-23-18-21(20-12-8-5-9-13-20)15-17-25(23)26(2)24(22)16-14-19-10-6-4-7-11-19/h3-14,16,21H,1,15,17-18H2,2H3/b16-14-. The summed E-state index contributed by atoms with van der Waals surface area (Å²) in [4.78, 5) is 0. The van der Waals surface area contributed by atoms with E-state index in [0.29, 0.717) is 5.92 Å². The van der Waals surface area contributed by atoms with Gasteiger partial charge in [-0.1, -0.05) is 79.4 Å². The second kappa shape index (κ2) is 7.21. The van der Waals surface area contributed by atoms with Gasteiger partial charge >= 0.3 is 0 Å². The largest absolute Gasteiger partial charge is 0.347 e. The Bertz CT molecular complexity index is 929. The van der Waals surface area contributed by atoms with E-state index in [-0.39, 0.29) is 0 Å². The molecular formula is C25H25N. The van der Waals surface area contributed by atoms with Gasteiger partial charge in [-0.25, -0.2) is 0 Å². The third-order valence-corrected chi connectivity index (χ3v) is 5.60. The molecule has 1 heteroatoms. The van der Waals surface area contributed by atoms with Crippen molar-refractivity contribution in [2.75, 3.05) is 0 Å². The number of hydrogen-bond acceptors (Lipinski definition) is 0. The molecule has 0 N–H and O–H groups in total. The smallest absolute Gasteiger partial charge is 0.0482 e. The summed E-state index contributed by atoms with van der Waals surface area (Å²) in [6.07, 6.45) is 9.92. The molecule has 1 nitrogen and oxygen atoms in total. The molecule has 4 rings (SSSR count). The number of benzene rings is 2. The lowest BCUT2D eigenvalue weighted by Gasteiger charge is -2.24. The summed E-state index contributed by atoms with van der Waals surface area (Å²) in [6.45, 7) is 4.12. The van der Waals surface area contributed by atoms with Gasteiger partial charge in [0.25, 0.3) is 0 Å². The molecule has 1 heterocycles. The van der Waals surface area contributed by atoms with Crippen molar-refractivity contribution in [2.24, 2.45) is 7.05 Å². The van der Waals surface area contributed by atoms with E-state index in [4.69, 9.17) is 0 Å². The molecule has 1 aromatic heterocycles. The Morgan fingerprint density at radius 1 is 0.962 bits per heavy atom. The van der Waals surface area contributed by atoms with Crippen molar-refractivity contribution in [3.63, 3.8) is 0 Å². The van der Waals surface area contributed by atoms with E-state index in [1.807, 2.05) is 6.08 Å². The summed E-state index contributed by atoms with van der Waals surface area (Å²) < 4.78 is 2.37. The van der Waals surface area contributed by atoms with Gasteiger partial charge in [-0.15, -0.1) is 0 Å². The van der Waals surface area contributed by atoms with Crippen molar-refractivity contribution in [2.45, 2.75) is 25.2 Å². The number of fused-ring (bicyclic) bond motifs is 1. The molecule has 130 valence electrons. The van der Waals surface area contributed by atoms with Gasteiger partial charge in [0.2, 0.25) is 0 Å². The molecule has 1 unspecified atom stereocenters. The van der Waals surface area contributed by atoms with Gasteiger partial charge < -0.3 is 4.57 Å². The lowest BCUT2D eigenvalue weighted by atomic mass is 9.81. The molecule has 0 aliphatic heterocycles. The Labute approximate surface area is 156 Å². The average molecular weight is 339 g/mol. The van der Waals surface area contributed by atoms with Gasteiger partial charge in [0.05, 0.1) is 0 Å². The van der Waals surface area contributed by atoms with Crippen molar-refractivity contribution >= 4 is 18.2 Å². The van der Waals surface area contributed by atoms with Crippen molar-refractivity contribution in [1.82, 2.24) is 4.57 Å². The van der Waals surface area contributed by atoms with Crippen LogP contribution in [0.4, 0.5) is 0 Å². The van der Waals surface area contributed by atoms with Crippen molar-refractivity contribution in [3.8, 4) is 0 Å². The Morgan fingerprint density at radius 2 is 1.65 bits per heavy atom. The van der Waals surface area contributed by atoms with E-state index in [2.05, 4.69) is 91.0 Å². The van der Waals surface area contributed by atoms with Crippen LogP contribution in [-0.4, -0.2) is 4.57 Å². The zero-order chi connectivity index (χ0) is 17.9. The Hall–Kier alpha value is -2.80. The van der Waals surface area contributed by atoms with Crippen LogP contribution in [0.3, 0.4) is 0 Å². The molecule has 0 amide bonds. The second-order valence-corrected chi connectivity index (χ2v) is 7.08. The highest BCUT2D eigenvalue weighted by molar-refractivity contribution is 5.76. The van der Waals surface area contributed by atoms with Crippen LogP contribution in [0.5, 0.6) is 0 Å². The van der Waals surface area contributed by atoms with Gasteiger partial charge in [-0.2, -0.15) is 0 Å². The minimum Gasteiger partial charge on any atom is -0.347 e. The van der Waals surface area contributed by atoms with Crippen LogP contribution < -0.4 is 0 Å². The molecule has 0 bridgehead atoms. The first-order valence-corrected chi connectivity index (χ1v) is 9.39. The van der Waals surface area contributed by atoms with Crippen molar-refractivity contribution in [1.29, 1.82) is 0 Å². The number of rotatable bonds is 4. The summed E-state index contributed by atoms with van der Waals surface area (Å²) in [7, 11) is 2.19. The third-order valence-electron chi connectivity index (χ3n) is 5.60. The topological polar surface area (TPSA) is 4.93 Å². The molecule has 0 saturated carbocycles. The number of nitrogens with zero attached hydrogens (tertiary/aromatic N) is 1. The fourth-order valence-corrected chi connectivity index (χ4v) is 4.22. The second-order valence-electron chi connectivity index (χ2n) is 7.08. The van der Waals surface area contributed by atoms with Gasteiger partial charge in [0, 0.05) is 24.0 Å². The molecule has 0 spiro atoms. The summed E-state index contributed by atoms with van der Waals surface area (Å²) in [6, 6.07) is 21.4. The monoisotopic (exact) mass is 339 g/mol. The lowest BCUT2D eigenvalue weighted by Crippen LogP contribution is -2.14. The quantitative estimate of drug-likeness (QED) is 0.540. The maximum atomic E-state index is 4.12. The zero-order valence-corrected chi connectivity index (χ0v) is 15.4. The average Bonchev–Trinajstić information content (AvgIpc) is 2.98. The normalized spacial score (nSPS) is 16.6. The Kier molecular flexibility index (Phi) is 4.62. The predicted molar refractivity (Wildman–Crippen MR) is 112 cm³/mol. The summed E-state index contributed by atoms with van der Waals surface area (Å²) in [5.41, 5.74) is 8.20. The van der Waals surface area contributed by atoms with Crippen molar-refractivity contribution in [3.05, 3.63) is 101 Å². The number of hydrogen-bond donors (Lipinski definition) is 0. The Morgan fingerprint density at radius 3 is 2.35 bits per heavy atom. The van der Waals surface area contributed by atoms with E-state index < -0.39 is 0 Å². The summed E-state index contributed by atoms with van der Waals surface area (Å²) in [5.74, 6) is 0.607. The van der Waals surface area contributed by atoms with Gasteiger partial charge in [0.15, 0.2) is 0 Å². The molecular weight excluding hydrogens is 314 g/mol.